The Morgan fingerprint density at radius 3 is 2.94 bits per heavy atom. The van der Waals surface area contributed by atoms with Gasteiger partial charge in [-0.2, -0.15) is 0 Å². The van der Waals surface area contributed by atoms with E-state index in [0.29, 0.717) is 6.42 Å². The Hall–Kier alpha value is -1.12. The van der Waals surface area contributed by atoms with Gasteiger partial charge in [0.15, 0.2) is 0 Å². The van der Waals surface area contributed by atoms with Gasteiger partial charge < -0.3 is 4.74 Å². The smallest absolute Gasteiger partial charge is 0.319 e. The Morgan fingerprint density at radius 2 is 2.38 bits per heavy atom. The van der Waals surface area contributed by atoms with Crippen LogP contribution in [0.25, 0.3) is 0 Å². The Labute approximate surface area is 96.9 Å². The number of allylic oxidation sites excluding steroid dienone is 1. The highest BCUT2D eigenvalue weighted by atomic mass is 16.5. The third kappa shape index (κ3) is 2.18. The Balaban J connectivity index is 2.89. The van der Waals surface area contributed by atoms with Gasteiger partial charge in [0.25, 0.3) is 0 Å². The fourth-order valence-corrected chi connectivity index (χ4v) is 2.53. The largest absolute Gasteiger partial charge is 0.468 e. The van der Waals surface area contributed by atoms with Crippen molar-refractivity contribution in [2.45, 2.75) is 39.0 Å². The minimum absolute atomic E-state index is 0.0275. The normalized spacial score (nSPS) is 29.9. The lowest BCUT2D eigenvalue weighted by atomic mass is 9.65. The Kier molecular flexibility index (Phi) is 4.27. The van der Waals surface area contributed by atoms with Gasteiger partial charge in [-0.3, -0.25) is 9.59 Å². The van der Waals surface area contributed by atoms with Gasteiger partial charge in [0.1, 0.15) is 11.2 Å². The highest BCUT2D eigenvalue weighted by Gasteiger charge is 2.49. The summed E-state index contributed by atoms with van der Waals surface area (Å²) >= 11 is 0. The summed E-state index contributed by atoms with van der Waals surface area (Å²) in [5.41, 5.74) is -0.935. The molecule has 1 aliphatic rings. The molecule has 2 atom stereocenters. The maximum absolute atomic E-state index is 12.0. The summed E-state index contributed by atoms with van der Waals surface area (Å²) in [6.07, 6.45) is 5.80. The molecule has 0 aromatic carbocycles. The molecule has 0 radical (unpaired) electrons. The molecule has 0 saturated heterocycles. The highest BCUT2D eigenvalue weighted by Crippen LogP contribution is 2.41. The van der Waals surface area contributed by atoms with E-state index in [4.69, 9.17) is 4.74 Å². The van der Waals surface area contributed by atoms with E-state index in [1.165, 1.54) is 7.11 Å². The van der Waals surface area contributed by atoms with Crippen LogP contribution < -0.4 is 0 Å². The number of carbonyl (C=O) groups excluding carboxylic acids is 2. The molecule has 0 aromatic heterocycles. The summed E-state index contributed by atoms with van der Waals surface area (Å²) in [6.45, 7) is 5.41. The van der Waals surface area contributed by atoms with Crippen LogP contribution in [0.2, 0.25) is 0 Å². The van der Waals surface area contributed by atoms with Crippen molar-refractivity contribution in [1.82, 2.24) is 0 Å². The molecule has 3 nitrogen and oxygen atoms in total. The molecule has 1 fully saturated rings. The number of rotatable bonds is 4. The molecule has 0 unspecified atom stereocenters. The summed E-state index contributed by atoms with van der Waals surface area (Å²) in [6, 6.07) is 0. The molecule has 1 rings (SSSR count). The van der Waals surface area contributed by atoms with Gasteiger partial charge >= 0.3 is 5.97 Å². The summed E-state index contributed by atoms with van der Waals surface area (Å²) < 4.78 is 4.79. The quantitative estimate of drug-likeness (QED) is 0.418. The van der Waals surface area contributed by atoms with Crippen LogP contribution in [-0.2, 0) is 14.3 Å². The number of hydrogen-bond acceptors (Lipinski definition) is 3. The third-order valence-corrected chi connectivity index (χ3v) is 3.68. The first-order valence-corrected chi connectivity index (χ1v) is 5.80. The van der Waals surface area contributed by atoms with Crippen LogP contribution in [0.5, 0.6) is 0 Å². The zero-order valence-corrected chi connectivity index (χ0v) is 10.1. The lowest BCUT2D eigenvalue weighted by Crippen LogP contribution is -2.46. The van der Waals surface area contributed by atoms with Crippen LogP contribution in [0.4, 0.5) is 0 Å². The number of ether oxygens (including phenoxy) is 1. The van der Waals surface area contributed by atoms with E-state index < -0.39 is 5.41 Å². The van der Waals surface area contributed by atoms with Crippen molar-refractivity contribution in [3.8, 4) is 0 Å². The van der Waals surface area contributed by atoms with E-state index >= 15 is 0 Å². The molecule has 3 heteroatoms. The van der Waals surface area contributed by atoms with Crippen molar-refractivity contribution in [3.63, 3.8) is 0 Å². The minimum atomic E-state index is -0.935. The van der Waals surface area contributed by atoms with Gasteiger partial charge in [0.2, 0.25) is 0 Å². The fourth-order valence-electron chi connectivity index (χ4n) is 2.53. The van der Waals surface area contributed by atoms with Crippen LogP contribution in [0.15, 0.2) is 12.7 Å². The summed E-state index contributed by atoms with van der Waals surface area (Å²) in [5.74, 6) is -0.259. The Bertz CT molecular complexity index is 286. The first-order chi connectivity index (χ1) is 7.57. The lowest BCUT2D eigenvalue weighted by Gasteiger charge is -2.37. The highest BCUT2D eigenvalue weighted by molar-refractivity contribution is 6.04. The van der Waals surface area contributed by atoms with Crippen molar-refractivity contribution in [2.75, 3.05) is 7.11 Å². The van der Waals surface area contributed by atoms with Crippen LogP contribution >= 0.6 is 0 Å². The molecule has 0 aliphatic heterocycles. The number of esters is 1. The first kappa shape index (κ1) is 12.9. The predicted octanol–water partition coefficient (Wildman–Crippen LogP) is 2.50. The van der Waals surface area contributed by atoms with Gasteiger partial charge in [0, 0.05) is 6.42 Å². The van der Waals surface area contributed by atoms with E-state index in [0.717, 1.165) is 25.7 Å². The molecular formula is C13H20O3. The average molecular weight is 224 g/mol. The predicted molar refractivity (Wildman–Crippen MR) is 61.9 cm³/mol. The lowest BCUT2D eigenvalue weighted by molar-refractivity contribution is -0.163. The van der Waals surface area contributed by atoms with E-state index in [9.17, 15) is 9.59 Å². The van der Waals surface area contributed by atoms with Crippen LogP contribution in [-0.4, -0.2) is 18.9 Å². The topological polar surface area (TPSA) is 43.4 Å². The van der Waals surface area contributed by atoms with Crippen LogP contribution in [0.1, 0.15) is 39.0 Å². The molecule has 0 spiro atoms. The van der Waals surface area contributed by atoms with Gasteiger partial charge in [-0.1, -0.05) is 6.08 Å². The second kappa shape index (κ2) is 5.28. The van der Waals surface area contributed by atoms with E-state index in [1.54, 1.807) is 6.92 Å². The number of Topliss-reactive ketones (excluding diaryl/α,β-unsaturated/α-hetero) is 1. The fraction of sp³-hybridized carbons (Fsp3) is 0.692. The molecule has 1 aliphatic carbocycles. The van der Waals surface area contributed by atoms with Crippen molar-refractivity contribution < 1.29 is 14.3 Å². The molecule has 0 bridgehead atoms. The monoisotopic (exact) mass is 224 g/mol. The van der Waals surface area contributed by atoms with E-state index in [2.05, 4.69) is 6.58 Å². The SMILES string of the molecule is C=CCC[C@@H]1CCCC(=O)[C@]1(C)C(=O)OC. The van der Waals surface area contributed by atoms with E-state index in [-0.39, 0.29) is 17.7 Å². The molecular weight excluding hydrogens is 204 g/mol. The van der Waals surface area contributed by atoms with Crippen LogP contribution in [0, 0.1) is 11.3 Å². The first-order valence-electron chi connectivity index (χ1n) is 5.80. The molecule has 1 saturated carbocycles. The molecule has 90 valence electrons. The molecule has 0 N–H and O–H groups in total. The summed E-state index contributed by atoms with van der Waals surface area (Å²) in [5, 5.41) is 0. The molecule has 0 aromatic rings. The van der Waals surface area contributed by atoms with Crippen molar-refractivity contribution >= 4 is 11.8 Å². The van der Waals surface area contributed by atoms with Crippen molar-refractivity contribution in [1.29, 1.82) is 0 Å². The van der Waals surface area contributed by atoms with Crippen LogP contribution in [0.3, 0.4) is 0 Å². The maximum atomic E-state index is 12.0. The molecule has 16 heavy (non-hydrogen) atoms. The zero-order valence-electron chi connectivity index (χ0n) is 10.1. The number of hydrogen-bond donors (Lipinski definition) is 0. The maximum Gasteiger partial charge on any atom is 0.319 e. The Morgan fingerprint density at radius 1 is 1.69 bits per heavy atom. The molecule has 0 amide bonds. The average Bonchev–Trinajstić information content (AvgIpc) is 2.30. The van der Waals surface area contributed by atoms with Gasteiger partial charge in [-0.15, -0.1) is 6.58 Å². The van der Waals surface area contributed by atoms with Gasteiger partial charge in [-0.05, 0) is 38.5 Å². The molecule has 0 heterocycles. The number of carbonyl (C=O) groups is 2. The van der Waals surface area contributed by atoms with Crippen molar-refractivity contribution in [3.05, 3.63) is 12.7 Å². The summed E-state index contributed by atoms with van der Waals surface area (Å²) in [7, 11) is 1.35. The van der Waals surface area contributed by atoms with Gasteiger partial charge in [-0.25, -0.2) is 0 Å². The summed E-state index contributed by atoms with van der Waals surface area (Å²) in [4.78, 5) is 23.8. The number of ketones is 1. The van der Waals surface area contributed by atoms with E-state index in [1.807, 2.05) is 6.08 Å². The standard InChI is InChI=1S/C13H20O3/c1-4-5-7-10-8-6-9-11(14)13(10,2)12(15)16-3/h4,10H,1,5-9H2,2-3H3/t10-,13-/m1/s1. The van der Waals surface area contributed by atoms with Crippen molar-refractivity contribution in [2.24, 2.45) is 11.3 Å². The minimum Gasteiger partial charge on any atom is -0.468 e. The second-order valence-corrected chi connectivity index (χ2v) is 4.57. The zero-order chi connectivity index (χ0) is 12.2. The second-order valence-electron chi connectivity index (χ2n) is 4.57. The third-order valence-electron chi connectivity index (χ3n) is 3.68. The number of methoxy groups -OCH3 is 1. The van der Waals surface area contributed by atoms with Gasteiger partial charge in [0.05, 0.1) is 7.11 Å².